The Morgan fingerprint density at radius 1 is 1.29 bits per heavy atom. The van der Waals surface area contributed by atoms with E-state index in [2.05, 4.69) is 0 Å². The van der Waals surface area contributed by atoms with Gasteiger partial charge >= 0.3 is 7.60 Å². The first-order chi connectivity index (χ1) is 6.71. The van der Waals surface area contributed by atoms with Crippen molar-refractivity contribution in [3.05, 3.63) is 29.3 Å². The van der Waals surface area contributed by atoms with Crippen LogP contribution in [0, 0.1) is 0 Å². The fourth-order valence-corrected chi connectivity index (χ4v) is 3.20. The van der Waals surface area contributed by atoms with Gasteiger partial charge < -0.3 is 9.05 Å². The average Bonchev–Trinajstić information content (AvgIpc) is 2.19. The zero-order valence-corrected chi connectivity index (χ0v) is 9.13. The summed E-state index contributed by atoms with van der Waals surface area (Å²) >= 11 is 5.79. The van der Waals surface area contributed by atoms with Crippen molar-refractivity contribution in [1.82, 2.24) is 0 Å². The Labute approximate surface area is 87.5 Å². The Kier molecular flexibility index (Phi) is 2.93. The number of halogens is 1. The molecule has 1 aromatic carbocycles. The van der Waals surface area contributed by atoms with Crippen molar-refractivity contribution in [2.24, 2.45) is 0 Å². The number of hydrogen-bond donors (Lipinski definition) is 0. The summed E-state index contributed by atoms with van der Waals surface area (Å²) in [7, 11) is -3.08. The first kappa shape index (κ1) is 10.2. The molecule has 0 aromatic heterocycles. The molecule has 0 amide bonds. The van der Waals surface area contributed by atoms with Gasteiger partial charge in [-0.25, -0.2) is 0 Å². The Balaban J connectivity index is 2.33. The molecule has 1 aliphatic rings. The van der Waals surface area contributed by atoms with Gasteiger partial charge in [-0.2, -0.15) is 0 Å². The van der Waals surface area contributed by atoms with Gasteiger partial charge in [0.15, 0.2) is 0 Å². The summed E-state index contributed by atoms with van der Waals surface area (Å²) in [6.07, 6.45) is 0.782. The maximum atomic E-state index is 12.1. The summed E-state index contributed by atoms with van der Waals surface area (Å²) in [5.41, 5.74) is 0. The van der Waals surface area contributed by atoms with Gasteiger partial charge in [-0.05, 0) is 24.6 Å². The normalized spacial score (nSPS) is 20.6. The maximum Gasteiger partial charge on any atom is 0.361 e. The lowest BCUT2D eigenvalue weighted by Crippen LogP contribution is -2.16. The van der Waals surface area contributed by atoms with Crippen LogP contribution in [0.15, 0.2) is 24.3 Å². The van der Waals surface area contributed by atoms with Crippen LogP contribution in [-0.4, -0.2) is 13.2 Å². The van der Waals surface area contributed by atoms with Gasteiger partial charge in [-0.3, -0.25) is 4.57 Å². The fourth-order valence-electron chi connectivity index (χ4n) is 1.26. The minimum Gasteiger partial charge on any atom is -0.305 e. The van der Waals surface area contributed by atoms with E-state index in [1.807, 2.05) is 0 Å². The number of benzene rings is 1. The van der Waals surface area contributed by atoms with E-state index in [0.29, 0.717) is 23.5 Å². The zero-order valence-electron chi connectivity index (χ0n) is 7.48. The van der Waals surface area contributed by atoms with Crippen molar-refractivity contribution in [2.75, 3.05) is 13.2 Å². The van der Waals surface area contributed by atoms with Crippen LogP contribution < -0.4 is 5.30 Å². The van der Waals surface area contributed by atoms with E-state index < -0.39 is 7.60 Å². The van der Waals surface area contributed by atoms with E-state index in [-0.39, 0.29) is 0 Å². The van der Waals surface area contributed by atoms with E-state index >= 15 is 0 Å². The van der Waals surface area contributed by atoms with Crippen molar-refractivity contribution in [2.45, 2.75) is 6.42 Å². The standard InChI is InChI=1S/C9H10ClO3P/c10-8-3-1-4-9(7-8)14(11)12-5-2-6-13-14/h1,3-4,7H,2,5-6H2. The first-order valence-corrected chi connectivity index (χ1v) is 6.28. The lowest BCUT2D eigenvalue weighted by Gasteiger charge is -2.22. The van der Waals surface area contributed by atoms with E-state index in [4.69, 9.17) is 20.6 Å². The molecule has 14 heavy (non-hydrogen) atoms. The van der Waals surface area contributed by atoms with Gasteiger partial charge in [0.2, 0.25) is 0 Å². The molecule has 0 saturated carbocycles. The molecule has 1 saturated heterocycles. The Hall–Kier alpha value is -0.340. The van der Waals surface area contributed by atoms with Crippen molar-refractivity contribution in [3.8, 4) is 0 Å². The molecule has 1 fully saturated rings. The van der Waals surface area contributed by atoms with Crippen LogP contribution in [0.3, 0.4) is 0 Å². The van der Waals surface area contributed by atoms with Crippen LogP contribution in [-0.2, 0) is 13.6 Å². The molecule has 0 spiro atoms. The van der Waals surface area contributed by atoms with Gasteiger partial charge in [0.05, 0.1) is 18.5 Å². The van der Waals surface area contributed by atoms with E-state index in [1.165, 1.54) is 0 Å². The lowest BCUT2D eigenvalue weighted by molar-refractivity contribution is 0.154. The molecule has 2 rings (SSSR count). The van der Waals surface area contributed by atoms with E-state index in [9.17, 15) is 4.57 Å². The van der Waals surface area contributed by atoms with Crippen LogP contribution in [0.25, 0.3) is 0 Å². The highest BCUT2D eigenvalue weighted by Crippen LogP contribution is 2.49. The summed E-state index contributed by atoms with van der Waals surface area (Å²) in [5.74, 6) is 0. The lowest BCUT2D eigenvalue weighted by atomic mass is 10.4. The molecule has 0 N–H and O–H groups in total. The second-order valence-electron chi connectivity index (χ2n) is 3.00. The van der Waals surface area contributed by atoms with Crippen LogP contribution in [0.2, 0.25) is 5.02 Å². The van der Waals surface area contributed by atoms with Crippen LogP contribution in [0.1, 0.15) is 6.42 Å². The number of hydrogen-bond acceptors (Lipinski definition) is 3. The van der Waals surface area contributed by atoms with Crippen LogP contribution >= 0.6 is 19.2 Å². The Morgan fingerprint density at radius 3 is 2.64 bits per heavy atom. The van der Waals surface area contributed by atoms with E-state index in [0.717, 1.165) is 6.42 Å². The molecule has 0 atom stereocenters. The third-order valence-electron chi connectivity index (χ3n) is 1.94. The second-order valence-corrected chi connectivity index (χ2v) is 5.46. The van der Waals surface area contributed by atoms with Crippen molar-refractivity contribution < 1.29 is 13.6 Å². The molecule has 0 unspecified atom stereocenters. The third kappa shape index (κ3) is 2.01. The van der Waals surface area contributed by atoms with Gasteiger partial charge in [0.25, 0.3) is 0 Å². The molecule has 1 heterocycles. The highest BCUT2D eigenvalue weighted by Gasteiger charge is 2.30. The molecule has 3 nitrogen and oxygen atoms in total. The van der Waals surface area contributed by atoms with Gasteiger partial charge in [0.1, 0.15) is 0 Å². The predicted octanol–water partition coefficient (Wildman–Crippen LogP) is 2.60. The minimum atomic E-state index is -3.08. The van der Waals surface area contributed by atoms with Gasteiger partial charge in [0, 0.05) is 5.02 Å². The van der Waals surface area contributed by atoms with Crippen molar-refractivity contribution in [3.63, 3.8) is 0 Å². The molecule has 0 aliphatic carbocycles. The highest BCUT2D eigenvalue weighted by atomic mass is 35.5. The summed E-state index contributed by atoms with van der Waals surface area (Å²) in [6, 6.07) is 6.78. The first-order valence-electron chi connectivity index (χ1n) is 4.36. The monoisotopic (exact) mass is 232 g/mol. The third-order valence-corrected chi connectivity index (χ3v) is 4.13. The topological polar surface area (TPSA) is 35.5 Å². The molecule has 1 aliphatic heterocycles. The van der Waals surface area contributed by atoms with Crippen molar-refractivity contribution in [1.29, 1.82) is 0 Å². The highest BCUT2D eigenvalue weighted by molar-refractivity contribution is 7.62. The molecule has 0 radical (unpaired) electrons. The molecular formula is C9H10ClO3P. The summed E-state index contributed by atoms with van der Waals surface area (Å²) in [6.45, 7) is 0.952. The average molecular weight is 233 g/mol. The molecule has 5 heteroatoms. The zero-order chi connectivity index (χ0) is 10.0. The van der Waals surface area contributed by atoms with Crippen LogP contribution in [0.4, 0.5) is 0 Å². The fraction of sp³-hybridized carbons (Fsp3) is 0.333. The molecule has 1 aromatic rings. The SMILES string of the molecule is O=P1(c2cccc(Cl)c2)OCCCO1. The van der Waals surface area contributed by atoms with Crippen LogP contribution in [0.5, 0.6) is 0 Å². The summed E-state index contributed by atoms with van der Waals surface area (Å²) in [5, 5.41) is 1.07. The molecule has 0 bridgehead atoms. The number of rotatable bonds is 1. The second kappa shape index (κ2) is 4.03. The Morgan fingerprint density at radius 2 is 2.00 bits per heavy atom. The smallest absolute Gasteiger partial charge is 0.305 e. The predicted molar refractivity (Wildman–Crippen MR) is 55.2 cm³/mol. The minimum absolute atomic E-state index is 0.476. The van der Waals surface area contributed by atoms with Crippen molar-refractivity contribution >= 4 is 24.5 Å². The van der Waals surface area contributed by atoms with Gasteiger partial charge in [-0.15, -0.1) is 0 Å². The molecule has 76 valence electrons. The molecular weight excluding hydrogens is 223 g/mol. The Bertz CT molecular complexity index is 370. The van der Waals surface area contributed by atoms with E-state index in [1.54, 1.807) is 24.3 Å². The summed E-state index contributed by atoms with van der Waals surface area (Å²) in [4.78, 5) is 0. The van der Waals surface area contributed by atoms with Gasteiger partial charge in [-0.1, -0.05) is 17.7 Å². The quantitative estimate of drug-likeness (QED) is 0.698. The summed E-state index contributed by atoms with van der Waals surface area (Å²) < 4.78 is 22.4. The maximum absolute atomic E-state index is 12.1. The largest absolute Gasteiger partial charge is 0.361 e.